The number of nitrogens with one attached hydrogen (secondary N) is 1. The highest BCUT2D eigenvalue weighted by Crippen LogP contribution is 2.68. The summed E-state index contributed by atoms with van der Waals surface area (Å²) < 4.78 is 45.8. The fraction of sp³-hybridized carbons (Fsp3) is 0.444. The van der Waals surface area contributed by atoms with Crippen LogP contribution >= 0.6 is 0 Å². The molecule has 1 aliphatic heterocycles. The number of anilines is 1. The molecule has 1 saturated carbocycles. The molecule has 146 valence electrons. The lowest BCUT2D eigenvalue weighted by Gasteiger charge is -2.24. The van der Waals surface area contributed by atoms with Gasteiger partial charge in [-0.15, -0.1) is 5.10 Å². The maximum absolute atomic E-state index is 13.2. The van der Waals surface area contributed by atoms with Gasteiger partial charge in [0, 0.05) is 18.6 Å². The molecule has 2 aromatic rings. The first kappa shape index (κ1) is 18.4. The third kappa shape index (κ3) is 2.82. The van der Waals surface area contributed by atoms with E-state index in [9.17, 15) is 23.2 Å². The predicted octanol–water partition coefficient (Wildman–Crippen LogP) is 2.94. The van der Waals surface area contributed by atoms with E-state index in [1.54, 1.807) is 0 Å². The van der Waals surface area contributed by atoms with Crippen molar-refractivity contribution in [2.75, 3.05) is 18.5 Å². The topological polar surface area (TPSA) is 92.8 Å². The first-order chi connectivity index (χ1) is 13.3. The number of halogens is 3. The highest BCUT2D eigenvalue weighted by molar-refractivity contribution is 5.99. The van der Waals surface area contributed by atoms with E-state index in [-0.39, 0.29) is 11.5 Å². The molecule has 2 heterocycles. The summed E-state index contributed by atoms with van der Waals surface area (Å²) in [6.45, 7) is 1.00. The van der Waals surface area contributed by atoms with E-state index in [0.717, 1.165) is 10.7 Å². The fourth-order valence-electron chi connectivity index (χ4n) is 3.93. The summed E-state index contributed by atoms with van der Waals surface area (Å²) in [6, 6.07) is 7.07. The molecule has 1 aromatic carbocycles. The molecule has 1 N–H and O–H groups in total. The van der Waals surface area contributed by atoms with Crippen molar-refractivity contribution in [1.82, 2.24) is 15.0 Å². The van der Waals surface area contributed by atoms with E-state index in [2.05, 4.69) is 21.7 Å². The van der Waals surface area contributed by atoms with Crippen LogP contribution in [0.1, 0.15) is 24.8 Å². The zero-order chi connectivity index (χ0) is 20.0. The molecule has 1 aromatic heterocycles. The average molecular weight is 391 g/mol. The zero-order valence-corrected chi connectivity index (χ0v) is 14.7. The van der Waals surface area contributed by atoms with Crippen molar-refractivity contribution in [1.29, 1.82) is 5.26 Å². The number of alkyl halides is 3. The van der Waals surface area contributed by atoms with Crippen molar-refractivity contribution < 1.29 is 22.7 Å². The van der Waals surface area contributed by atoms with Gasteiger partial charge in [-0.25, -0.2) is 4.68 Å². The summed E-state index contributed by atoms with van der Waals surface area (Å²) in [7, 11) is 0. The Morgan fingerprint density at radius 3 is 2.68 bits per heavy atom. The highest BCUT2D eigenvalue weighted by atomic mass is 19.4. The molecule has 1 saturated heterocycles. The molecule has 2 aliphatic rings. The first-order valence-electron chi connectivity index (χ1n) is 8.71. The zero-order valence-electron chi connectivity index (χ0n) is 14.7. The molecule has 7 nitrogen and oxygen atoms in total. The van der Waals surface area contributed by atoms with Crippen LogP contribution in [0.5, 0.6) is 0 Å². The lowest BCUT2D eigenvalue weighted by atomic mass is 9.86. The molecule has 1 aliphatic carbocycles. The smallest absolute Gasteiger partial charge is 0.381 e. The van der Waals surface area contributed by atoms with Crippen LogP contribution in [0.25, 0.3) is 5.69 Å². The number of carbonyl (C=O) groups excluding carboxylic acids is 1. The van der Waals surface area contributed by atoms with Gasteiger partial charge in [0.2, 0.25) is 5.91 Å². The summed E-state index contributed by atoms with van der Waals surface area (Å²) in [5.74, 6) is -0.515. The van der Waals surface area contributed by atoms with Gasteiger partial charge in [0.1, 0.15) is 5.41 Å². The van der Waals surface area contributed by atoms with Gasteiger partial charge in [-0.05, 0) is 31.4 Å². The first-order valence-corrected chi connectivity index (χ1v) is 8.71. The number of hydrogen-bond donors (Lipinski definition) is 1. The van der Waals surface area contributed by atoms with Crippen molar-refractivity contribution in [3.8, 4) is 11.8 Å². The summed E-state index contributed by atoms with van der Waals surface area (Å²) in [4.78, 5) is 12.7. The number of aromatic nitrogens is 3. The SMILES string of the molecule is N#CC1(C(=O)Nc2cn(-c3ccccc3C(F)(F)F)nn2)CC12CCOCC2. The number of nitriles is 1. The Kier molecular flexibility index (Phi) is 4.15. The van der Waals surface area contributed by atoms with Crippen LogP contribution < -0.4 is 5.32 Å². The van der Waals surface area contributed by atoms with Crippen molar-refractivity contribution in [2.45, 2.75) is 25.4 Å². The molecule has 0 bridgehead atoms. The normalized spacial score (nSPS) is 23.2. The molecule has 1 unspecified atom stereocenters. The molecular formula is C18H16F3N5O2. The lowest BCUT2D eigenvalue weighted by Crippen LogP contribution is -2.32. The fourth-order valence-corrected chi connectivity index (χ4v) is 3.93. The highest BCUT2D eigenvalue weighted by Gasteiger charge is 2.72. The second-order valence-electron chi connectivity index (χ2n) is 7.10. The standard InChI is InChI=1S/C18H16F3N5O2/c19-18(20,21)12-3-1-2-4-13(12)26-9-14(24-25-26)23-15(27)17(11-22)10-16(17)5-7-28-8-6-16/h1-4,9H,5-8,10H2,(H,23,27). The number of benzene rings is 1. The summed E-state index contributed by atoms with van der Waals surface area (Å²) in [5.41, 5.74) is -2.63. The second kappa shape index (κ2) is 6.31. The number of para-hydroxylation sites is 1. The molecule has 1 atom stereocenters. The minimum atomic E-state index is -4.56. The van der Waals surface area contributed by atoms with E-state index in [4.69, 9.17) is 4.74 Å². The van der Waals surface area contributed by atoms with Crippen LogP contribution in [0, 0.1) is 22.2 Å². The second-order valence-corrected chi connectivity index (χ2v) is 7.10. The maximum atomic E-state index is 13.2. The Labute approximate surface area is 158 Å². The number of rotatable bonds is 3. The van der Waals surface area contributed by atoms with Crippen LogP contribution in [0.15, 0.2) is 30.5 Å². The van der Waals surface area contributed by atoms with Crippen molar-refractivity contribution in [2.24, 2.45) is 10.8 Å². The van der Waals surface area contributed by atoms with Crippen molar-refractivity contribution >= 4 is 11.7 Å². The third-order valence-corrected chi connectivity index (χ3v) is 5.60. The van der Waals surface area contributed by atoms with E-state index < -0.39 is 28.5 Å². The number of amides is 1. The molecule has 4 rings (SSSR count). The van der Waals surface area contributed by atoms with Gasteiger partial charge in [-0.3, -0.25) is 4.79 Å². The van der Waals surface area contributed by atoms with E-state index in [0.29, 0.717) is 32.5 Å². The minimum Gasteiger partial charge on any atom is -0.381 e. The monoisotopic (exact) mass is 391 g/mol. The van der Waals surface area contributed by atoms with E-state index in [1.165, 1.54) is 24.4 Å². The molecule has 2 fully saturated rings. The van der Waals surface area contributed by atoms with Crippen LogP contribution in [-0.2, 0) is 15.7 Å². The number of nitrogens with zero attached hydrogens (tertiary/aromatic N) is 4. The molecule has 1 amide bonds. The minimum absolute atomic E-state index is 0.00860. The van der Waals surface area contributed by atoms with Crippen molar-refractivity contribution in [3.63, 3.8) is 0 Å². The lowest BCUT2D eigenvalue weighted by molar-refractivity contribution is -0.137. The predicted molar refractivity (Wildman–Crippen MR) is 90.1 cm³/mol. The number of ether oxygens (including phenoxy) is 1. The van der Waals surface area contributed by atoms with Crippen LogP contribution in [0.4, 0.5) is 19.0 Å². The van der Waals surface area contributed by atoms with E-state index >= 15 is 0 Å². The van der Waals surface area contributed by atoms with Crippen molar-refractivity contribution in [3.05, 3.63) is 36.0 Å². The van der Waals surface area contributed by atoms with Gasteiger partial charge < -0.3 is 10.1 Å². The Hall–Kier alpha value is -2.93. The maximum Gasteiger partial charge on any atom is 0.418 e. The molecule has 0 radical (unpaired) electrons. The molecule has 28 heavy (non-hydrogen) atoms. The van der Waals surface area contributed by atoms with Gasteiger partial charge in [-0.2, -0.15) is 18.4 Å². The Morgan fingerprint density at radius 2 is 2.00 bits per heavy atom. The van der Waals surface area contributed by atoms with E-state index in [1.807, 2.05) is 0 Å². The summed E-state index contributed by atoms with van der Waals surface area (Å²) in [6.07, 6.45) is -1.66. The average Bonchev–Trinajstić information content (AvgIpc) is 3.06. The Morgan fingerprint density at radius 1 is 1.29 bits per heavy atom. The summed E-state index contributed by atoms with van der Waals surface area (Å²) in [5, 5.41) is 19.6. The van der Waals surface area contributed by atoms with Crippen LogP contribution in [0.3, 0.4) is 0 Å². The molecular weight excluding hydrogens is 375 g/mol. The molecule has 10 heteroatoms. The van der Waals surface area contributed by atoms with Gasteiger partial charge in [0.25, 0.3) is 0 Å². The largest absolute Gasteiger partial charge is 0.418 e. The van der Waals surface area contributed by atoms with Gasteiger partial charge in [0.15, 0.2) is 5.82 Å². The quantitative estimate of drug-likeness (QED) is 0.868. The van der Waals surface area contributed by atoms with Crippen LogP contribution in [-0.4, -0.2) is 34.1 Å². The van der Waals surface area contributed by atoms with Gasteiger partial charge in [0.05, 0.1) is 23.5 Å². The Balaban J connectivity index is 1.55. The number of carbonyl (C=O) groups is 1. The Bertz CT molecular complexity index is 959. The van der Waals surface area contributed by atoms with Gasteiger partial charge in [-0.1, -0.05) is 17.3 Å². The number of hydrogen-bond acceptors (Lipinski definition) is 5. The summed E-state index contributed by atoms with van der Waals surface area (Å²) >= 11 is 0. The van der Waals surface area contributed by atoms with Crippen LogP contribution in [0.2, 0.25) is 0 Å². The van der Waals surface area contributed by atoms with Gasteiger partial charge >= 0.3 is 6.18 Å². The third-order valence-electron chi connectivity index (χ3n) is 5.60. The molecule has 1 spiro atoms.